The van der Waals surface area contributed by atoms with Gasteiger partial charge in [0.1, 0.15) is 6.34 Å². The minimum atomic E-state index is 0.370. The number of aliphatic imine (C=N–C) groups is 3. The highest BCUT2D eigenvalue weighted by molar-refractivity contribution is 8.13. The molecule has 0 heterocycles. The summed E-state index contributed by atoms with van der Waals surface area (Å²) in [5.74, 6) is 0.733. The first-order chi connectivity index (χ1) is 12.1. The molecule has 2 aromatic rings. The van der Waals surface area contributed by atoms with Gasteiger partial charge in [-0.15, -0.1) is 11.8 Å². The van der Waals surface area contributed by atoms with Crippen LogP contribution in [-0.2, 0) is 5.75 Å². The van der Waals surface area contributed by atoms with E-state index in [0.717, 1.165) is 16.4 Å². The Morgan fingerprint density at radius 1 is 1.04 bits per heavy atom. The van der Waals surface area contributed by atoms with Gasteiger partial charge >= 0.3 is 0 Å². The highest BCUT2D eigenvalue weighted by Crippen LogP contribution is 2.29. The standard InChI is InChI=1S/C17H15Cl3N4S/c18-13-3-1-12(2-4-13)9-25-17(8-22-11-23-10-21)24-16-6-5-14(19)7-15(16)20/h1-7,10-11H,8-9H2,(H2,21,22,23). The molecule has 0 fully saturated rings. The lowest BCUT2D eigenvalue weighted by molar-refractivity contribution is 1.30. The molecule has 0 aliphatic rings. The fourth-order valence-electron chi connectivity index (χ4n) is 1.77. The zero-order valence-electron chi connectivity index (χ0n) is 13.1. The lowest BCUT2D eigenvalue weighted by atomic mass is 10.2. The van der Waals surface area contributed by atoms with Crippen LogP contribution in [-0.4, -0.2) is 24.3 Å². The van der Waals surface area contributed by atoms with E-state index in [2.05, 4.69) is 15.0 Å². The van der Waals surface area contributed by atoms with E-state index < -0.39 is 0 Å². The van der Waals surface area contributed by atoms with E-state index in [1.165, 1.54) is 12.7 Å². The summed E-state index contributed by atoms with van der Waals surface area (Å²) in [5, 5.41) is 2.55. The number of hydrogen-bond donors (Lipinski definition) is 1. The number of nitrogens with zero attached hydrogens (tertiary/aromatic N) is 3. The smallest absolute Gasteiger partial charge is 0.112 e. The van der Waals surface area contributed by atoms with Crippen molar-refractivity contribution in [1.29, 1.82) is 0 Å². The summed E-state index contributed by atoms with van der Waals surface area (Å²) in [4.78, 5) is 12.5. The van der Waals surface area contributed by atoms with Crippen LogP contribution in [0.2, 0.25) is 15.1 Å². The Kier molecular flexibility index (Phi) is 8.28. The van der Waals surface area contributed by atoms with Gasteiger partial charge in [-0.1, -0.05) is 46.9 Å². The van der Waals surface area contributed by atoms with E-state index in [1.54, 1.807) is 30.0 Å². The first-order valence-electron chi connectivity index (χ1n) is 7.20. The number of benzene rings is 2. The number of halogens is 3. The third-order valence-corrected chi connectivity index (χ3v) is 4.76. The molecule has 0 spiro atoms. The van der Waals surface area contributed by atoms with Gasteiger partial charge in [0.25, 0.3) is 0 Å². The SMILES string of the molecule is NC=NC=NCC(=Nc1ccc(Cl)cc1Cl)SCc1ccc(Cl)cc1. The molecule has 0 aromatic heterocycles. The van der Waals surface area contributed by atoms with Gasteiger partial charge in [-0.2, -0.15) is 0 Å². The van der Waals surface area contributed by atoms with Gasteiger partial charge in [-0.05, 0) is 35.9 Å². The fourth-order valence-corrected chi connectivity index (χ4v) is 3.20. The molecule has 8 heteroatoms. The monoisotopic (exact) mass is 412 g/mol. The minimum absolute atomic E-state index is 0.370. The molecule has 0 radical (unpaired) electrons. The van der Waals surface area contributed by atoms with Gasteiger partial charge in [-0.25, -0.2) is 9.98 Å². The molecule has 130 valence electrons. The van der Waals surface area contributed by atoms with Crippen LogP contribution in [0.25, 0.3) is 0 Å². The molecule has 2 aromatic carbocycles. The van der Waals surface area contributed by atoms with E-state index in [-0.39, 0.29) is 0 Å². The first-order valence-corrected chi connectivity index (χ1v) is 9.32. The Morgan fingerprint density at radius 2 is 1.76 bits per heavy atom. The highest BCUT2D eigenvalue weighted by atomic mass is 35.5. The van der Waals surface area contributed by atoms with Gasteiger partial charge < -0.3 is 5.73 Å². The van der Waals surface area contributed by atoms with Crippen molar-refractivity contribution in [1.82, 2.24) is 0 Å². The molecule has 0 amide bonds. The zero-order chi connectivity index (χ0) is 18.1. The normalized spacial score (nSPS) is 12.4. The molecule has 0 bridgehead atoms. The molecule has 0 aliphatic carbocycles. The van der Waals surface area contributed by atoms with Crippen LogP contribution < -0.4 is 5.73 Å². The molecule has 4 nitrogen and oxygen atoms in total. The maximum atomic E-state index is 6.20. The Bertz CT molecular complexity index is 789. The zero-order valence-corrected chi connectivity index (χ0v) is 16.2. The van der Waals surface area contributed by atoms with Crippen LogP contribution in [0, 0.1) is 0 Å². The lowest BCUT2D eigenvalue weighted by Crippen LogP contribution is -1.99. The molecule has 2 N–H and O–H groups in total. The van der Waals surface area contributed by atoms with Crippen LogP contribution in [0.1, 0.15) is 5.56 Å². The van der Waals surface area contributed by atoms with E-state index >= 15 is 0 Å². The van der Waals surface area contributed by atoms with Gasteiger partial charge in [-0.3, -0.25) is 4.99 Å². The Morgan fingerprint density at radius 3 is 2.44 bits per heavy atom. The molecule has 25 heavy (non-hydrogen) atoms. The third kappa shape index (κ3) is 7.08. The van der Waals surface area contributed by atoms with Crippen molar-refractivity contribution in [2.24, 2.45) is 20.7 Å². The van der Waals surface area contributed by atoms with Crippen molar-refractivity contribution in [2.75, 3.05) is 6.54 Å². The average molecular weight is 414 g/mol. The Hall–Kier alpha value is -1.53. The predicted molar refractivity (Wildman–Crippen MR) is 112 cm³/mol. The Balaban J connectivity index is 2.16. The maximum absolute atomic E-state index is 6.20. The summed E-state index contributed by atoms with van der Waals surface area (Å²) in [5.41, 5.74) is 6.96. The number of hydrogen-bond acceptors (Lipinski definition) is 3. The van der Waals surface area contributed by atoms with E-state index in [9.17, 15) is 0 Å². The molecular weight excluding hydrogens is 399 g/mol. The molecule has 0 unspecified atom stereocenters. The van der Waals surface area contributed by atoms with Gasteiger partial charge in [0.15, 0.2) is 0 Å². The van der Waals surface area contributed by atoms with Crippen LogP contribution >= 0.6 is 46.6 Å². The fraction of sp³-hybridized carbons (Fsp3) is 0.118. The summed E-state index contributed by atoms with van der Waals surface area (Å²) in [7, 11) is 0. The van der Waals surface area contributed by atoms with Crippen molar-refractivity contribution in [3.05, 3.63) is 63.1 Å². The summed E-state index contributed by atoms with van der Waals surface area (Å²) in [6, 6.07) is 12.8. The first kappa shape index (κ1) is 19.8. The highest BCUT2D eigenvalue weighted by Gasteiger charge is 2.05. The summed E-state index contributed by atoms with van der Waals surface area (Å²) >= 11 is 19.6. The number of rotatable bonds is 6. The van der Waals surface area contributed by atoms with E-state index in [4.69, 9.17) is 40.5 Å². The van der Waals surface area contributed by atoms with Crippen molar-refractivity contribution < 1.29 is 0 Å². The van der Waals surface area contributed by atoms with E-state index in [1.807, 2.05) is 24.3 Å². The second-order valence-electron chi connectivity index (χ2n) is 4.77. The van der Waals surface area contributed by atoms with Crippen molar-refractivity contribution in [3.8, 4) is 0 Å². The van der Waals surface area contributed by atoms with Crippen LogP contribution in [0.3, 0.4) is 0 Å². The lowest BCUT2D eigenvalue weighted by Gasteiger charge is -2.06. The minimum Gasteiger partial charge on any atom is -0.390 e. The van der Waals surface area contributed by atoms with Crippen LogP contribution in [0.15, 0.2) is 57.4 Å². The second kappa shape index (κ2) is 10.5. The van der Waals surface area contributed by atoms with Crippen molar-refractivity contribution >= 4 is 70.0 Å². The molecule has 0 aliphatic heterocycles. The van der Waals surface area contributed by atoms with Gasteiger partial charge in [0, 0.05) is 15.8 Å². The average Bonchev–Trinajstić information content (AvgIpc) is 2.60. The maximum Gasteiger partial charge on any atom is 0.112 e. The topological polar surface area (TPSA) is 63.1 Å². The molecule has 0 saturated carbocycles. The second-order valence-corrected chi connectivity index (χ2v) is 7.10. The quantitative estimate of drug-likeness (QED) is 0.493. The molecule has 0 saturated heterocycles. The molecule has 0 atom stereocenters. The van der Waals surface area contributed by atoms with Crippen molar-refractivity contribution in [2.45, 2.75) is 5.75 Å². The van der Waals surface area contributed by atoms with Crippen molar-refractivity contribution in [3.63, 3.8) is 0 Å². The van der Waals surface area contributed by atoms with Gasteiger partial charge in [0.05, 0.1) is 28.6 Å². The predicted octanol–water partition coefficient (Wildman–Crippen LogP) is 5.63. The summed E-state index contributed by atoms with van der Waals surface area (Å²) in [6.07, 6.45) is 2.57. The third-order valence-electron chi connectivity index (χ3n) is 2.93. The molecule has 2 rings (SSSR count). The Labute approximate surface area is 165 Å². The van der Waals surface area contributed by atoms with Crippen LogP contribution in [0.4, 0.5) is 5.69 Å². The summed E-state index contributed by atoms with van der Waals surface area (Å²) in [6.45, 7) is 0.370. The largest absolute Gasteiger partial charge is 0.390 e. The van der Waals surface area contributed by atoms with Gasteiger partial charge in [0.2, 0.25) is 0 Å². The number of thioether (sulfide) groups is 1. The van der Waals surface area contributed by atoms with Crippen LogP contribution in [0.5, 0.6) is 0 Å². The van der Waals surface area contributed by atoms with E-state index in [0.29, 0.717) is 27.3 Å². The summed E-state index contributed by atoms with van der Waals surface area (Å²) < 4.78 is 0. The molecular formula is C17H15Cl3N4S. The number of nitrogens with two attached hydrogens (primary N) is 1.